The molecule has 3 rings (SSSR count). The molecule has 0 unspecified atom stereocenters. The van der Waals surface area contributed by atoms with Crippen molar-refractivity contribution in [1.29, 1.82) is 0 Å². The zero-order valence-corrected chi connectivity index (χ0v) is 14.3. The van der Waals surface area contributed by atoms with E-state index in [0.29, 0.717) is 18.9 Å². The Kier molecular flexibility index (Phi) is 5.12. The number of carboxylic acid groups (broad SMARTS) is 1. The highest BCUT2D eigenvalue weighted by atomic mass is 16.4. The number of benzene rings is 1. The second-order valence-electron chi connectivity index (χ2n) is 5.95. The van der Waals surface area contributed by atoms with E-state index in [1.165, 1.54) is 22.5 Å². The number of aromatic nitrogens is 4. The van der Waals surface area contributed by atoms with Gasteiger partial charge in [0.2, 0.25) is 5.91 Å². The van der Waals surface area contributed by atoms with E-state index >= 15 is 0 Å². The fourth-order valence-electron chi connectivity index (χ4n) is 2.42. The molecule has 2 N–H and O–H groups in total. The van der Waals surface area contributed by atoms with E-state index in [1.807, 2.05) is 37.4 Å². The number of aryl methyl sites for hydroxylation is 2. The molecule has 8 heteroatoms. The molecule has 2 heterocycles. The molecule has 0 fully saturated rings. The lowest BCUT2D eigenvalue weighted by molar-refractivity contribution is -0.116. The molecule has 8 nitrogen and oxygen atoms in total. The molecule has 1 amide bonds. The number of rotatable bonds is 7. The van der Waals surface area contributed by atoms with Gasteiger partial charge in [0, 0.05) is 31.4 Å². The van der Waals surface area contributed by atoms with Crippen LogP contribution in [-0.4, -0.2) is 36.5 Å². The van der Waals surface area contributed by atoms with Crippen molar-refractivity contribution >= 4 is 17.7 Å². The summed E-state index contributed by atoms with van der Waals surface area (Å²) < 4.78 is 3.19. The van der Waals surface area contributed by atoms with Crippen LogP contribution < -0.4 is 5.32 Å². The lowest BCUT2D eigenvalue weighted by Gasteiger charge is -2.04. The minimum atomic E-state index is -1.09. The van der Waals surface area contributed by atoms with Crippen LogP contribution >= 0.6 is 0 Å². The van der Waals surface area contributed by atoms with Crippen molar-refractivity contribution in [3.8, 4) is 0 Å². The Bertz CT molecular complexity index is 911. The van der Waals surface area contributed by atoms with Gasteiger partial charge >= 0.3 is 5.97 Å². The average molecular weight is 353 g/mol. The summed E-state index contributed by atoms with van der Waals surface area (Å²) >= 11 is 0. The van der Waals surface area contributed by atoms with Gasteiger partial charge in [-0.3, -0.25) is 14.2 Å². The van der Waals surface area contributed by atoms with Gasteiger partial charge in [-0.05, 0) is 18.6 Å². The Morgan fingerprint density at radius 1 is 1.04 bits per heavy atom. The number of amides is 1. The number of anilines is 1. The summed E-state index contributed by atoms with van der Waals surface area (Å²) in [5, 5.41) is 19.8. The van der Waals surface area contributed by atoms with Gasteiger partial charge in [0.1, 0.15) is 0 Å². The molecule has 0 bridgehead atoms. The van der Waals surface area contributed by atoms with Gasteiger partial charge in [-0.15, -0.1) is 0 Å². The molecule has 134 valence electrons. The molecular formula is C18H19N5O3. The van der Waals surface area contributed by atoms with Crippen LogP contribution in [0.2, 0.25) is 0 Å². The third-order valence-corrected chi connectivity index (χ3v) is 3.80. The Labute approximate surface area is 150 Å². The van der Waals surface area contributed by atoms with Crippen LogP contribution in [0.1, 0.15) is 28.0 Å². The van der Waals surface area contributed by atoms with Crippen molar-refractivity contribution in [3.63, 3.8) is 0 Å². The van der Waals surface area contributed by atoms with E-state index in [4.69, 9.17) is 5.11 Å². The van der Waals surface area contributed by atoms with Gasteiger partial charge < -0.3 is 10.4 Å². The van der Waals surface area contributed by atoms with E-state index in [1.54, 1.807) is 10.7 Å². The monoisotopic (exact) mass is 353 g/mol. The molecule has 0 atom stereocenters. The fraction of sp³-hybridized carbons (Fsp3) is 0.222. The maximum atomic E-state index is 12.0. The van der Waals surface area contributed by atoms with Crippen molar-refractivity contribution in [2.45, 2.75) is 26.4 Å². The van der Waals surface area contributed by atoms with Gasteiger partial charge in [0.05, 0.1) is 6.54 Å². The van der Waals surface area contributed by atoms with Gasteiger partial charge in [0.15, 0.2) is 11.5 Å². The molecule has 3 aromatic rings. The van der Waals surface area contributed by atoms with Gasteiger partial charge in [-0.1, -0.05) is 29.8 Å². The Hall–Kier alpha value is -3.42. The quantitative estimate of drug-likeness (QED) is 0.678. The van der Waals surface area contributed by atoms with Crippen LogP contribution in [0, 0.1) is 6.92 Å². The molecular weight excluding hydrogens is 334 g/mol. The number of hydrogen-bond donors (Lipinski definition) is 2. The number of carbonyl (C=O) groups is 2. The number of carboxylic acids is 1. The highest BCUT2D eigenvalue weighted by molar-refractivity contribution is 5.89. The average Bonchev–Trinajstić information content (AvgIpc) is 3.25. The second-order valence-corrected chi connectivity index (χ2v) is 5.95. The largest absolute Gasteiger partial charge is 0.476 e. The number of carbonyl (C=O) groups excluding carboxylic acids is 1. The predicted molar refractivity (Wildman–Crippen MR) is 94.9 cm³/mol. The first-order chi connectivity index (χ1) is 12.5. The van der Waals surface area contributed by atoms with Crippen LogP contribution in [0.4, 0.5) is 5.82 Å². The first kappa shape index (κ1) is 17.4. The first-order valence-electron chi connectivity index (χ1n) is 8.15. The van der Waals surface area contributed by atoms with Crippen LogP contribution in [0.15, 0.2) is 48.8 Å². The maximum Gasteiger partial charge on any atom is 0.356 e. The summed E-state index contributed by atoms with van der Waals surface area (Å²) in [4.78, 5) is 22.8. The number of nitrogens with one attached hydrogen (secondary N) is 1. The standard InChI is InChI=1S/C18H19N5O3/c1-13-2-4-14(5-3-13)12-23-10-7-16(21-23)19-17(24)8-11-22-9-6-15(20-22)18(25)26/h2-7,9-10H,8,11-12H2,1H3,(H,25,26)(H,19,21,24). The molecule has 0 aliphatic carbocycles. The molecule has 26 heavy (non-hydrogen) atoms. The lowest BCUT2D eigenvalue weighted by Crippen LogP contribution is -2.15. The first-order valence-corrected chi connectivity index (χ1v) is 8.15. The third-order valence-electron chi connectivity index (χ3n) is 3.80. The maximum absolute atomic E-state index is 12.0. The summed E-state index contributed by atoms with van der Waals surface area (Å²) in [7, 11) is 0. The Balaban J connectivity index is 1.50. The highest BCUT2D eigenvalue weighted by Crippen LogP contribution is 2.08. The smallest absolute Gasteiger partial charge is 0.356 e. The third kappa shape index (κ3) is 4.56. The van der Waals surface area contributed by atoms with Crippen LogP contribution in [-0.2, 0) is 17.9 Å². The lowest BCUT2D eigenvalue weighted by atomic mass is 10.1. The van der Waals surface area contributed by atoms with E-state index in [-0.39, 0.29) is 18.0 Å². The normalized spacial score (nSPS) is 10.7. The highest BCUT2D eigenvalue weighted by Gasteiger charge is 2.09. The van der Waals surface area contributed by atoms with Gasteiger partial charge in [0.25, 0.3) is 0 Å². The molecule has 2 aromatic heterocycles. The molecule has 1 aromatic carbocycles. The van der Waals surface area contributed by atoms with Crippen LogP contribution in [0.5, 0.6) is 0 Å². The van der Waals surface area contributed by atoms with Crippen LogP contribution in [0.3, 0.4) is 0 Å². The Morgan fingerprint density at radius 2 is 1.77 bits per heavy atom. The molecule has 0 saturated carbocycles. The summed E-state index contributed by atoms with van der Waals surface area (Å²) in [6.07, 6.45) is 3.51. The molecule has 0 aliphatic rings. The topological polar surface area (TPSA) is 102 Å². The van der Waals surface area contributed by atoms with Gasteiger partial charge in [-0.25, -0.2) is 4.79 Å². The Morgan fingerprint density at radius 3 is 2.46 bits per heavy atom. The molecule has 0 spiro atoms. The van der Waals surface area contributed by atoms with Crippen molar-refractivity contribution < 1.29 is 14.7 Å². The summed E-state index contributed by atoms with van der Waals surface area (Å²) in [5.74, 6) is -0.820. The fourth-order valence-corrected chi connectivity index (χ4v) is 2.42. The van der Waals surface area contributed by atoms with Crippen LogP contribution in [0.25, 0.3) is 0 Å². The minimum Gasteiger partial charge on any atom is -0.476 e. The number of hydrogen-bond acceptors (Lipinski definition) is 4. The van der Waals surface area contributed by atoms with E-state index in [9.17, 15) is 9.59 Å². The second kappa shape index (κ2) is 7.64. The zero-order valence-electron chi connectivity index (χ0n) is 14.3. The van der Waals surface area contributed by atoms with E-state index < -0.39 is 5.97 Å². The number of aromatic carboxylic acids is 1. The van der Waals surface area contributed by atoms with Crippen molar-refractivity contribution in [2.75, 3.05) is 5.32 Å². The summed E-state index contributed by atoms with van der Waals surface area (Å²) in [6, 6.07) is 11.3. The minimum absolute atomic E-state index is 0.0414. The number of nitrogens with zero attached hydrogens (tertiary/aromatic N) is 4. The van der Waals surface area contributed by atoms with Gasteiger partial charge in [-0.2, -0.15) is 10.2 Å². The van der Waals surface area contributed by atoms with Crippen molar-refractivity contribution in [2.24, 2.45) is 0 Å². The molecule has 0 radical (unpaired) electrons. The molecule has 0 saturated heterocycles. The summed E-state index contributed by atoms with van der Waals surface area (Å²) in [5.41, 5.74) is 2.29. The summed E-state index contributed by atoms with van der Waals surface area (Å²) in [6.45, 7) is 2.96. The predicted octanol–water partition coefficient (Wildman–Crippen LogP) is 2.16. The zero-order chi connectivity index (χ0) is 18.5. The van der Waals surface area contributed by atoms with Crippen molar-refractivity contribution in [1.82, 2.24) is 19.6 Å². The van der Waals surface area contributed by atoms with E-state index in [0.717, 1.165) is 5.56 Å². The van der Waals surface area contributed by atoms with E-state index in [2.05, 4.69) is 15.5 Å². The molecule has 0 aliphatic heterocycles. The SMILES string of the molecule is Cc1ccc(Cn2ccc(NC(=O)CCn3ccc(C(=O)O)n3)n2)cc1. The van der Waals surface area contributed by atoms with Crippen molar-refractivity contribution in [3.05, 3.63) is 65.6 Å².